The Kier molecular flexibility index (Phi) is 7.07. The molecule has 0 aliphatic rings. The van der Waals surface area contributed by atoms with Gasteiger partial charge in [-0.3, -0.25) is 0 Å². The standard InChI is InChI=1S/C10H22N6/c1-7(2)9(11)13-5-15-16-6-14-10(12)8(3)4/h7-8H,5-6H2,1-4H3,(H2,11,13)(H2,12,14)/b16-15+. The van der Waals surface area contributed by atoms with Gasteiger partial charge in [-0.05, 0) is 0 Å². The third-order valence-electron chi connectivity index (χ3n) is 1.92. The van der Waals surface area contributed by atoms with Crippen molar-refractivity contribution in [1.82, 2.24) is 0 Å². The van der Waals surface area contributed by atoms with E-state index >= 15 is 0 Å². The lowest BCUT2D eigenvalue weighted by Gasteiger charge is -2.01. The molecule has 0 aromatic heterocycles. The van der Waals surface area contributed by atoms with Gasteiger partial charge >= 0.3 is 0 Å². The molecule has 0 aliphatic heterocycles. The highest BCUT2D eigenvalue weighted by atomic mass is 15.2. The fourth-order valence-electron chi connectivity index (χ4n) is 0.681. The van der Waals surface area contributed by atoms with Crippen molar-refractivity contribution >= 4 is 11.7 Å². The fourth-order valence-corrected chi connectivity index (χ4v) is 0.681. The number of nitrogens with zero attached hydrogens (tertiary/aromatic N) is 4. The second-order valence-corrected chi connectivity index (χ2v) is 4.04. The smallest absolute Gasteiger partial charge is 0.152 e. The zero-order chi connectivity index (χ0) is 12.6. The van der Waals surface area contributed by atoms with E-state index in [1.807, 2.05) is 27.7 Å². The van der Waals surface area contributed by atoms with Crippen molar-refractivity contribution in [2.24, 2.45) is 43.5 Å². The highest BCUT2D eigenvalue weighted by molar-refractivity contribution is 5.82. The number of amidine groups is 2. The summed E-state index contributed by atoms with van der Waals surface area (Å²) in [6, 6.07) is 0. The molecular weight excluding hydrogens is 204 g/mol. The summed E-state index contributed by atoms with van der Waals surface area (Å²) in [7, 11) is 0. The molecule has 0 unspecified atom stereocenters. The third kappa shape index (κ3) is 6.92. The SMILES string of the molecule is CC(C)/C(N)=N/C/N=N/C/N=C(/N)C(C)C. The van der Waals surface area contributed by atoms with Gasteiger partial charge in [0.15, 0.2) is 13.3 Å². The van der Waals surface area contributed by atoms with Gasteiger partial charge in [0.1, 0.15) is 0 Å². The predicted molar refractivity (Wildman–Crippen MR) is 67.5 cm³/mol. The predicted octanol–water partition coefficient (Wildman–Crippen LogP) is 1.38. The monoisotopic (exact) mass is 226 g/mol. The summed E-state index contributed by atoms with van der Waals surface area (Å²) < 4.78 is 0. The Labute approximate surface area is 96.9 Å². The number of hydrogen-bond donors (Lipinski definition) is 2. The van der Waals surface area contributed by atoms with Crippen LogP contribution in [-0.2, 0) is 0 Å². The molecule has 4 N–H and O–H groups in total. The van der Waals surface area contributed by atoms with Crippen LogP contribution in [0.4, 0.5) is 0 Å². The van der Waals surface area contributed by atoms with Crippen molar-refractivity contribution in [3.05, 3.63) is 0 Å². The average molecular weight is 226 g/mol. The van der Waals surface area contributed by atoms with Gasteiger partial charge in [0, 0.05) is 11.8 Å². The lowest BCUT2D eigenvalue weighted by molar-refractivity contribution is 0.815. The fraction of sp³-hybridized carbons (Fsp3) is 0.800. The molecule has 16 heavy (non-hydrogen) atoms. The molecule has 0 amide bonds. The Bertz CT molecular complexity index is 249. The van der Waals surface area contributed by atoms with Gasteiger partial charge in [-0.1, -0.05) is 27.7 Å². The topological polar surface area (TPSA) is 101 Å². The summed E-state index contributed by atoms with van der Waals surface area (Å²) in [6.07, 6.45) is 0. The Morgan fingerprint density at radius 3 is 1.38 bits per heavy atom. The molecule has 0 fully saturated rings. The first-order valence-electron chi connectivity index (χ1n) is 5.38. The molecular formula is C10H22N6. The van der Waals surface area contributed by atoms with Crippen LogP contribution >= 0.6 is 0 Å². The maximum absolute atomic E-state index is 5.62. The molecule has 0 bridgehead atoms. The molecule has 0 aromatic rings. The van der Waals surface area contributed by atoms with Crippen LogP contribution in [-0.4, -0.2) is 25.0 Å². The largest absolute Gasteiger partial charge is 0.387 e. The zero-order valence-corrected chi connectivity index (χ0v) is 10.5. The van der Waals surface area contributed by atoms with Crippen LogP contribution in [0.15, 0.2) is 20.2 Å². The van der Waals surface area contributed by atoms with Crippen molar-refractivity contribution in [2.75, 3.05) is 13.3 Å². The first-order valence-corrected chi connectivity index (χ1v) is 5.38. The zero-order valence-electron chi connectivity index (χ0n) is 10.5. The van der Waals surface area contributed by atoms with Crippen LogP contribution in [0.5, 0.6) is 0 Å². The molecule has 0 aliphatic carbocycles. The quantitative estimate of drug-likeness (QED) is 0.406. The molecule has 0 spiro atoms. The van der Waals surface area contributed by atoms with E-state index < -0.39 is 0 Å². The minimum atomic E-state index is 0.241. The molecule has 0 atom stereocenters. The lowest BCUT2D eigenvalue weighted by Crippen LogP contribution is -2.19. The van der Waals surface area contributed by atoms with E-state index in [1.165, 1.54) is 0 Å². The van der Waals surface area contributed by atoms with E-state index in [1.54, 1.807) is 0 Å². The molecule has 6 nitrogen and oxygen atoms in total. The first-order chi connectivity index (χ1) is 7.45. The van der Waals surface area contributed by atoms with Crippen molar-refractivity contribution in [3.8, 4) is 0 Å². The first kappa shape index (κ1) is 14.5. The van der Waals surface area contributed by atoms with Crippen molar-refractivity contribution in [3.63, 3.8) is 0 Å². The van der Waals surface area contributed by atoms with Crippen LogP contribution < -0.4 is 11.5 Å². The van der Waals surface area contributed by atoms with Gasteiger partial charge < -0.3 is 11.5 Å². The molecule has 6 heteroatoms. The van der Waals surface area contributed by atoms with Crippen molar-refractivity contribution in [1.29, 1.82) is 0 Å². The normalized spacial score (nSPS) is 14.4. The van der Waals surface area contributed by atoms with Crippen molar-refractivity contribution < 1.29 is 0 Å². The summed E-state index contributed by atoms with van der Waals surface area (Å²) in [5.74, 6) is 1.66. The summed E-state index contributed by atoms with van der Waals surface area (Å²) in [5, 5.41) is 7.64. The van der Waals surface area contributed by atoms with Gasteiger partial charge in [0.2, 0.25) is 0 Å². The van der Waals surface area contributed by atoms with E-state index in [2.05, 4.69) is 20.2 Å². The highest BCUT2D eigenvalue weighted by Gasteiger charge is 1.97. The number of hydrogen-bond acceptors (Lipinski definition) is 4. The molecule has 0 saturated carbocycles. The van der Waals surface area contributed by atoms with Crippen LogP contribution in [0, 0.1) is 11.8 Å². The Morgan fingerprint density at radius 1 is 0.812 bits per heavy atom. The molecule has 0 radical (unpaired) electrons. The highest BCUT2D eigenvalue weighted by Crippen LogP contribution is 1.93. The minimum Gasteiger partial charge on any atom is -0.387 e. The molecule has 0 saturated heterocycles. The Morgan fingerprint density at radius 2 is 1.12 bits per heavy atom. The average Bonchev–Trinajstić information content (AvgIpc) is 2.21. The molecule has 0 heterocycles. The van der Waals surface area contributed by atoms with E-state index in [0.717, 1.165) is 0 Å². The third-order valence-corrected chi connectivity index (χ3v) is 1.92. The molecule has 92 valence electrons. The maximum Gasteiger partial charge on any atom is 0.152 e. The van der Waals surface area contributed by atoms with E-state index in [-0.39, 0.29) is 25.2 Å². The number of azo groups is 1. The van der Waals surface area contributed by atoms with Crippen LogP contribution in [0.25, 0.3) is 0 Å². The van der Waals surface area contributed by atoms with Gasteiger partial charge in [-0.25, -0.2) is 9.98 Å². The number of rotatable bonds is 6. The lowest BCUT2D eigenvalue weighted by atomic mass is 10.2. The molecule has 0 rings (SSSR count). The van der Waals surface area contributed by atoms with E-state index in [0.29, 0.717) is 11.7 Å². The van der Waals surface area contributed by atoms with Crippen LogP contribution in [0.3, 0.4) is 0 Å². The van der Waals surface area contributed by atoms with Crippen molar-refractivity contribution in [2.45, 2.75) is 27.7 Å². The second-order valence-electron chi connectivity index (χ2n) is 4.04. The van der Waals surface area contributed by atoms with Gasteiger partial charge in [0.05, 0.1) is 11.7 Å². The van der Waals surface area contributed by atoms with Crippen LogP contribution in [0.2, 0.25) is 0 Å². The van der Waals surface area contributed by atoms with E-state index in [4.69, 9.17) is 11.5 Å². The summed E-state index contributed by atoms with van der Waals surface area (Å²) in [5.41, 5.74) is 11.2. The Balaban J connectivity index is 3.88. The summed E-state index contributed by atoms with van der Waals surface area (Å²) >= 11 is 0. The van der Waals surface area contributed by atoms with E-state index in [9.17, 15) is 0 Å². The number of nitrogens with two attached hydrogens (primary N) is 2. The molecule has 0 aromatic carbocycles. The number of aliphatic imine (C=N–C) groups is 2. The maximum atomic E-state index is 5.62. The van der Waals surface area contributed by atoms with Crippen LogP contribution in [0.1, 0.15) is 27.7 Å². The van der Waals surface area contributed by atoms with Gasteiger partial charge in [-0.2, -0.15) is 10.2 Å². The minimum absolute atomic E-state index is 0.241. The summed E-state index contributed by atoms with van der Waals surface area (Å²) in [6.45, 7) is 8.41. The summed E-state index contributed by atoms with van der Waals surface area (Å²) in [4.78, 5) is 8.06. The van der Waals surface area contributed by atoms with Gasteiger partial charge in [-0.15, -0.1) is 0 Å². The van der Waals surface area contributed by atoms with Gasteiger partial charge in [0.25, 0.3) is 0 Å². The second kappa shape index (κ2) is 7.78. The Hall–Kier alpha value is -1.46.